The highest BCUT2D eigenvalue weighted by atomic mass is 19.4. The predicted octanol–water partition coefficient (Wildman–Crippen LogP) is 3.04. The Bertz CT molecular complexity index is 742. The average Bonchev–Trinajstić information content (AvgIpc) is 2.53. The number of pyridine rings is 1. The summed E-state index contributed by atoms with van der Waals surface area (Å²) < 4.78 is 45.2. The zero-order chi connectivity index (χ0) is 17.0. The number of ether oxygens (including phenoxy) is 1. The van der Waals surface area contributed by atoms with Gasteiger partial charge in [-0.25, -0.2) is 4.79 Å². The van der Waals surface area contributed by atoms with Crippen LogP contribution in [0.5, 0.6) is 0 Å². The van der Waals surface area contributed by atoms with E-state index in [-0.39, 0.29) is 18.2 Å². The van der Waals surface area contributed by atoms with Gasteiger partial charge in [0.15, 0.2) is 6.20 Å². The molecule has 2 rings (SSSR count). The largest absolute Gasteiger partial charge is 0.474 e. The molecule has 0 radical (unpaired) electrons. The van der Waals surface area contributed by atoms with Crippen molar-refractivity contribution in [2.45, 2.75) is 13.1 Å². The van der Waals surface area contributed by atoms with Crippen molar-refractivity contribution in [1.29, 1.82) is 5.41 Å². The first kappa shape index (κ1) is 16.7. The standard InChI is InChI=1S/C16H14F3N2O2/c1-2-23-14(20)13-9-5-6-10-21(13)15(22)11-7-3-4-8-12(11)16(17,18)19/h3-10,20H,2H2,1H3/q+1. The molecule has 0 aliphatic rings. The van der Waals surface area contributed by atoms with Crippen molar-refractivity contribution in [3.05, 3.63) is 65.5 Å². The number of hydrogen-bond acceptors (Lipinski definition) is 3. The first-order valence-corrected chi connectivity index (χ1v) is 6.79. The summed E-state index contributed by atoms with van der Waals surface area (Å²) in [5, 5.41) is 7.79. The average molecular weight is 323 g/mol. The minimum Gasteiger partial charge on any atom is -0.474 e. The van der Waals surface area contributed by atoms with Crippen molar-refractivity contribution in [3.8, 4) is 0 Å². The number of nitrogens with zero attached hydrogens (tertiary/aromatic N) is 1. The topological polar surface area (TPSA) is 54.0 Å². The van der Waals surface area contributed by atoms with Crippen LogP contribution < -0.4 is 4.57 Å². The van der Waals surface area contributed by atoms with Crippen LogP contribution in [0.4, 0.5) is 13.2 Å². The van der Waals surface area contributed by atoms with Crippen LogP contribution in [-0.4, -0.2) is 18.4 Å². The van der Waals surface area contributed by atoms with Gasteiger partial charge in [0.05, 0.1) is 12.2 Å². The van der Waals surface area contributed by atoms with Gasteiger partial charge in [0, 0.05) is 12.1 Å². The molecular formula is C16H14F3N2O2+. The number of alkyl halides is 3. The monoisotopic (exact) mass is 323 g/mol. The second kappa shape index (κ2) is 6.60. The van der Waals surface area contributed by atoms with E-state index in [0.29, 0.717) is 0 Å². The molecule has 0 spiro atoms. The Labute approximate surface area is 130 Å². The second-order valence-electron chi connectivity index (χ2n) is 4.57. The van der Waals surface area contributed by atoms with E-state index in [1.54, 1.807) is 13.0 Å². The Morgan fingerprint density at radius 2 is 1.83 bits per heavy atom. The molecule has 0 amide bonds. The van der Waals surface area contributed by atoms with Gasteiger partial charge in [-0.1, -0.05) is 12.1 Å². The first-order chi connectivity index (χ1) is 10.9. The molecule has 0 aliphatic heterocycles. The van der Waals surface area contributed by atoms with Crippen molar-refractivity contribution in [1.82, 2.24) is 0 Å². The number of hydrogen-bond donors (Lipinski definition) is 1. The Morgan fingerprint density at radius 3 is 2.48 bits per heavy atom. The molecule has 2 aromatic rings. The lowest BCUT2D eigenvalue weighted by Gasteiger charge is -2.10. The van der Waals surface area contributed by atoms with E-state index in [1.165, 1.54) is 30.5 Å². The molecular weight excluding hydrogens is 309 g/mol. The van der Waals surface area contributed by atoms with Crippen molar-refractivity contribution >= 4 is 11.8 Å². The molecule has 4 nitrogen and oxygen atoms in total. The summed E-state index contributed by atoms with van der Waals surface area (Å²) >= 11 is 0. The molecule has 0 saturated heterocycles. The predicted molar refractivity (Wildman–Crippen MR) is 76.3 cm³/mol. The fourth-order valence-corrected chi connectivity index (χ4v) is 2.07. The third-order valence-corrected chi connectivity index (χ3v) is 3.06. The van der Waals surface area contributed by atoms with Crippen LogP contribution in [0.15, 0.2) is 48.7 Å². The number of carbonyl (C=O) groups excluding carboxylic acids is 1. The summed E-state index contributed by atoms with van der Waals surface area (Å²) in [6.45, 7) is 1.88. The molecule has 1 N–H and O–H groups in total. The molecule has 1 aromatic carbocycles. The molecule has 23 heavy (non-hydrogen) atoms. The highest BCUT2D eigenvalue weighted by Crippen LogP contribution is 2.31. The summed E-state index contributed by atoms with van der Waals surface area (Å²) in [5.74, 6) is -1.16. The number of halogens is 3. The summed E-state index contributed by atoms with van der Waals surface area (Å²) in [5.41, 5.74) is -1.42. The third kappa shape index (κ3) is 3.56. The molecule has 0 unspecified atom stereocenters. The highest BCUT2D eigenvalue weighted by Gasteiger charge is 2.38. The van der Waals surface area contributed by atoms with Crippen molar-refractivity contribution in [3.63, 3.8) is 0 Å². The van der Waals surface area contributed by atoms with Crippen molar-refractivity contribution in [2.24, 2.45) is 0 Å². The normalized spacial score (nSPS) is 11.1. The third-order valence-electron chi connectivity index (χ3n) is 3.06. The van der Waals surface area contributed by atoms with Gasteiger partial charge in [-0.3, -0.25) is 5.41 Å². The first-order valence-electron chi connectivity index (χ1n) is 6.79. The number of rotatable bonds is 3. The van der Waals surface area contributed by atoms with E-state index in [1.807, 2.05) is 0 Å². The number of aromatic nitrogens is 1. The van der Waals surface area contributed by atoms with E-state index in [4.69, 9.17) is 10.1 Å². The number of nitrogens with one attached hydrogen (secondary N) is 1. The molecule has 0 aliphatic carbocycles. The van der Waals surface area contributed by atoms with Crippen LogP contribution in [0.25, 0.3) is 0 Å². The SMILES string of the molecule is CCOC(=N)c1cccc[n+]1C(=O)c1ccccc1C(F)(F)F. The van der Waals surface area contributed by atoms with Gasteiger partial charge in [0.1, 0.15) is 5.56 Å². The van der Waals surface area contributed by atoms with Gasteiger partial charge >= 0.3 is 12.1 Å². The van der Waals surface area contributed by atoms with E-state index in [2.05, 4.69) is 0 Å². The Morgan fingerprint density at radius 1 is 1.17 bits per heavy atom. The van der Waals surface area contributed by atoms with Crippen molar-refractivity contribution in [2.75, 3.05) is 6.61 Å². The van der Waals surface area contributed by atoms with Gasteiger partial charge in [-0.15, -0.1) is 4.57 Å². The van der Waals surface area contributed by atoms with Gasteiger partial charge in [-0.2, -0.15) is 13.2 Å². The van der Waals surface area contributed by atoms with Crippen molar-refractivity contribution < 1.29 is 27.3 Å². The van der Waals surface area contributed by atoms with E-state index >= 15 is 0 Å². The smallest absolute Gasteiger partial charge is 0.425 e. The molecule has 1 aromatic heterocycles. The summed E-state index contributed by atoms with van der Waals surface area (Å²) in [6.07, 6.45) is -3.34. The van der Waals surface area contributed by atoms with Crippen LogP contribution in [-0.2, 0) is 10.9 Å². The molecule has 7 heteroatoms. The Kier molecular flexibility index (Phi) is 4.78. The zero-order valence-electron chi connectivity index (χ0n) is 12.2. The molecule has 0 atom stereocenters. The Hall–Kier alpha value is -2.70. The molecule has 0 bridgehead atoms. The van der Waals surface area contributed by atoms with Crippen LogP contribution in [0, 0.1) is 5.41 Å². The number of carbonyl (C=O) groups is 1. The maximum atomic E-state index is 13.1. The molecule has 1 heterocycles. The van der Waals surface area contributed by atoms with E-state index < -0.39 is 23.2 Å². The quantitative estimate of drug-likeness (QED) is 0.536. The maximum absolute atomic E-state index is 13.1. The van der Waals surface area contributed by atoms with Gasteiger partial charge in [0.25, 0.3) is 11.6 Å². The fourth-order valence-electron chi connectivity index (χ4n) is 2.07. The lowest BCUT2D eigenvalue weighted by molar-refractivity contribution is -0.573. The van der Waals surface area contributed by atoms with E-state index in [0.717, 1.165) is 16.7 Å². The minimum absolute atomic E-state index is 0.0799. The van der Waals surface area contributed by atoms with E-state index in [9.17, 15) is 18.0 Å². The maximum Gasteiger partial charge on any atom is 0.425 e. The van der Waals surface area contributed by atoms with Gasteiger partial charge in [-0.05, 0) is 25.1 Å². The fraction of sp³-hybridized carbons (Fsp3) is 0.188. The van der Waals surface area contributed by atoms with Gasteiger partial charge in [0.2, 0.25) is 0 Å². The molecule has 0 fully saturated rings. The van der Waals surface area contributed by atoms with Crippen LogP contribution >= 0.6 is 0 Å². The zero-order valence-corrected chi connectivity index (χ0v) is 12.2. The summed E-state index contributed by atoms with van der Waals surface area (Å²) in [6, 6.07) is 9.05. The summed E-state index contributed by atoms with van der Waals surface area (Å²) in [4.78, 5) is 12.6. The molecule has 120 valence electrons. The number of benzene rings is 1. The van der Waals surface area contributed by atoms with Gasteiger partial charge < -0.3 is 4.74 Å². The minimum atomic E-state index is -4.64. The lowest BCUT2D eigenvalue weighted by Crippen LogP contribution is -2.48. The summed E-state index contributed by atoms with van der Waals surface area (Å²) in [7, 11) is 0. The molecule has 0 saturated carbocycles. The van der Waals surface area contributed by atoms with Crippen LogP contribution in [0.2, 0.25) is 0 Å². The second-order valence-corrected chi connectivity index (χ2v) is 4.57. The lowest BCUT2D eigenvalue weighted by atomic mass is 10.1. The van der Waals surface area contributed by atoms with Crippen LogP contribution in [0.1, 0.15) is 28.5 Å². The highest BCUT2D eigenvalue weighted by molar-refractivity contribution is 5.93. The Balaban J connectivity index is 2.53. The van der Waals surface area contributed by atoms with Crippen LogP contribution in [0.3, 0.4) is 0 Å².